The lowest BCUT2D eigenvalue weighted by atomic mass is 9.67. The predicted octanol–water partition coefficient (Wildman–Crippen LogP) is 2.82. The third-order valence-electron chi connectivity index (χ3n) is 6.21. The zero-order valence-corrected chi connectivity index (χ0v) is 18.9. The first kappa shape index (κ1) is 22.4. The van der Waals surface area contributed by atoms with E-state index in [1.54, 1.807) is 22.9 Å². The van der Waals surface area contributed by atoms with Crippen molar-refractivity contribution < 1.29 is 18.3 Å². The van der Waals surface area contributed by atoms with Crippen molar-refractivity contribution in [3.8, 4) is 0 Å². The van der Waals surface area contributed by atoms with E-state index in [9.17, 15) is 13.6 Å². The largest absolute Gasteiger partial charge is 0.379 e. The van der Waals surface area contributed by atoms with Gasteiger partial charge in [-0.25, -0.2) is 13.8 Å². The Morgan fingerprint density at radius 1 is 1.38 bits per heavy atom. The molecular formula is C21H29F2N7O2. The molecule has 0 aromatic carbocycles. The molecule has 11 heteroatoms. The quantitative estimate of drug-likeness (QED) is 0.671. The number of hydrogen-bond acceptors (Lipinski definition) is 7. The molecule has 0 unspecified atom stereocenters. The number of amides is 1. The number of rotatable bonds is 7. The Morgan fingerprint density at radius 2 is 2.09 bits per heavy atom. The number of ether oxygens (including phenoxy) is 1. The van der Waals surface area contributed by atoms with Crippen LogP contribution < -0.4 is 15.5 Å². The van der Waals surface area contributed by atoms with Crippen LogP contribution >= 0.6 is 0 Å². The third kappa shape index (κ3) is 4.25. The first-order valence-corrected chi connectivity index (χ1v) is 10.6. The van der Waals surface area contributed by atoms with Crippen molar-refractivity contribution >= 4 is 23.4 Å². The number of halogens is 2. The van der Waals surface area contributed by atoms with E-state index >= 15 is 0 Å². The molecule has 0 spiro atoms. The van der Waals surface area contributed by atoms with Crippen LogP contribution in [0, 0.1) is 12.3 Å². The Labute approximate surface area is 185 Å². The van der Waals surface area contributed by atoms with Crippen LogP contribution in [0.2, 0.25) is 0 Å². The van der Waals surface area contributed by atoms with E-state index < -0.39 is 17.4 Å². The van der Waals surface area contributed by atoms with Gasteiger partial charge in [-0.15, -0.1) is 0 Å². The standard InChI is InChI=1S/C21H29F2N7O2/c1-12-15-17(29(4)16(13(2)32-5)18(31)27-15)28-19(26-12)24-6-14-7-25-30(8-14)11-20(3)9-21(22,23)10-20/h7-8,13,16H,6,9-11H2,1-5H3,(H,27,31)(H,24,26,28)/t13-,16+/m1/s1. The van der Waals surface area contributed by atoms with Crippen LogP contribution in [0.4, 0.5) is 26.2 Å². The highest BCUT2D eigenvalue weighted by Gasteiger charge is 2.53. The number of alkyl halides is 2. The van der Waals surface area contributed by atoms with Crippen LogP contribution in [-0.4, -0.2) is 57.9 Å². The number of methoxy groups -OCH3 is 1. The molecule has 2 aliphatic rings. The van der Waals surface area contributed by atoms with Gasteiger partial charge in [-0.2, -0.15) is 10.1 Å². The summed E-state index contributed by atoms with van der Waals surface area (Å²) in [5.41, 5.74) is 1.70. The van der Waals surface area contributed by atoms with Crippen molar-refractivity contribution in [3.63, 3.8) is 0 Å². The van der Waals surface area contributed by atoms with Crippen LogP contribution in [0.1, 0.15) is 37.9 Å². The number of aromatic nitrogens is 4. The van der Waals surface area contributed by atoms with E-state index in [1.165, 1.54) is 0 Å². The maximum atomic E-state index is 13.3. The molecule has 2 N–H and O–H groups in total. The molecule has 1 fully saturated rings. The molecule has 32 heavy (non-hydrogen) atoms. The lowest BCUT2D eigenvalue weighted by Gasteiger charge is -2.44. The molecular weight excluding hydrogens is 420 g/mol. The molecule has 1 aliphatic carbocycles. The first-order valence-electron chi connectivity index (χ1n) is 10.6. The minimum absolute atomic E-state index is 0.109. The van der Waals surface area contributed by atoms with Gasteiger partial charge in [-0.1, -0.05) is 6.92 Å². The number of hydrogen-bond donors (Lipinski definition) is 2. The van der Waals surface area contributed by atoms with Gasteiger partial charge in [0.05, 0.1) is 18.0 Å². The normalized spacial score (nSPS) is 22.0. The van der Waals surface area contributed by atoms with Gasteiger partial charge < -0.3 is 20.3 Å². The number of anilines is 3. The van der Waals surface area contributed by atoms with Gasteiger partial charge in [0.15, 0.2) is 5.82 Å². The molecule has 1 aliphatic heterocycles. The van der Waals surface area contributed by atoms with Crippen LogP contribution in [0.3, 0.4) is 0 Å². The Balaban J connectivity index is 1.44. The highest BCUT2D eigenvalue weighted by atomic mass is 19.3. The Kier molecular flexibility index (Phi) is 5.56. The topological polar surface area (TPSA) is 97.2 Å². The Morgan fingerprint density at radius 3 is 2.75 bits per heavy atom. The van der Waals surface area contributed by atoms with Gasteiger partial charge >= 0.3 is 0 Å². The van der Waals surface area contributed by atoms with E-state index in [0.29, 0.717) is 36.2 Å². The van der Waals surface area contributed by atoms with Crippen molar-refractivity contribution in [1.29, 1.82) is 0 Å². The van der Waals surface area contributed by atoms with Gasteiger partial charge in [-0.05, 0) is 19.3 Å². The predicted molar refractivity (Wildman–Crippen MR) is 116 cm³/mol. The van der Waals surface area contributed by atoms with Gasteiger partial charge in [0.1, 0.15) is 11.7 Å². The monoisotopic (exact) mass is 449 g/mol. The van der Waals surface area contributed by atoms with Crippen LogP contribution in [0.15, 0.2) is 12.4 Å². The fourth-order valence-corrected chi connectivity index (χ4v) is 4.67. The summed E-state index contributed by atoms with van der Waals surface area (Å²) in [5.74, 6) is -1.68. The molecule has 2 atom stereocenters. The van der Waals surface area contributed by atoms with E-state index in [1.807, 2.05) is 34.0 Å². The fraction of sp³-hybridized carbons (Fsp3) is 0.619. The molecule has 2 aromatic rings. The summed E-state index contributed by atoms with van der Waals surface area (Å²) in [5, 5.41) is 10.4. The number of nitrogens with one attached hydrogen (secondary N) is 2. The third-order valence-corrected chi connectivity index (χ3v) is 6.21. The van der Waals surface area contributed by atoms with Crippen LogP contribution in [0.25, 0.3) is 0 Å². The summed E-state index contributed by atoms with van der Waals surface area (Å²) in [7, 11) is 3.37. The zero-order valence-electron chi connectivity index (χ0n) is 18.9. The Bertz CT molecular complexity index is 1020. The molecule has 174 valence electrons. The molecule has 0 radical (unpaired) electrons. The first-order chi connectivity index (χ1) is 15.0. The number of carbonyl (C=O) groups excluding carboxylic acids is 1. The SMILES string of the molecule is CO[C@H](C)[C@H]1C(=O)Nc2c(C)nc(NCc3cnn(CC4(C)CC(F)(F)C4)c3)nc2N1C. The number of fused-ring (bicyclic) bond motifs is 1. The van der Waals surface area contributed by atoms with E-state index in [2.05, 4.69) is 25.7 Å². The summed E-state index contributed by atoms with van der Waals surface area (Å²) < 4.78 is 33.6. The molecule has 1 amide bonds. The number of nitrogens with zero attached hydrogens (tertiary/aromatic N) is 5. The average Bonchev–Trinajstić information content (AvgIpc) is 3.12. The highest BCUT2D eigenvalue weighted by Crippen LogP contribution is 2.52. The highest BCUT2D eigenvalue weighted by molar-refractivity contribution is 6.03. The summed E-state index contributed by atoms with van der Waals surface area (Å²) in [6.45, 7) is 6.40. The number of aryl methyl sites for hydroxylation is 1. The molecule has 0 bridgehead atoms. The number of likely N-dealkylation sites (N-methyl/N-ethyl adjacent to an activating group) is 1. The second-order valence-corrected chi connectivity index (χ2v) is 9.24. The maximum Gasteiger partial charge on any atom is 0.249 e. The second kappa shape index (κ2) is 7.95. The summed E-state index contributed by atoms with van der Waals surface area (Å²) in [4.78, 5) is 23.4. The van der Waals surface area contributed by atoms with Crippen molar-refractivity contribution in [2.24, 2.45) is 5.41 Å². The van der Waals surface area contributed by atoms with Gasteiger partial charge in [0.25, 0.3) is 0 Å². The van der Waals surface area contributed by atoms with Crippen molar-refractivity contribution in [2.75, 3.05) is 29.7 Å². The minimum atomic E-state index is -2.55. The van der Waals surface area contributed by atoms with Crippen molar-refractivity contribution in [1.82, 2.24) is 19.7 Å². The van der Waals surface area contributed by atoms with E-state index in [4.69, 9.17) is 4.74 Å². The van der Waals surface area contributed by atoms with Gasteiger partial charge in [0.2, 0.25) is 17.8 Å². The molecule has 0 saturated heterocycles. The molecule has 1 saturated carbocycles. The maximum absolute atomic E-state index is 13.3. The van der Waals surface area contributed by atoms with Gasteiger partial charge in [0, 0.05) is 51.8 Å². The van der Waals surface area contributed by atoms with E-state index in [-0.39, 0.29) is 24.9 Å². The molecule has 9 nitrogen and oxygen atoms in total. The van der Waals surface area contributed by atoms with Crippen LogP contribution in [0.5, 0.6) is 0 Å². The lowest BCUT2D eigenvalue weighted by molar-refractivity contribution is -0.159. The minimum Gasteiger partial charge on any atom is -0.379 e. The smallest absolute Gasteiger partial charge is 0.249 e. The average molecular weight is 450 g/mol. The lowest BCUT2D eigenvalue weighted by Crippen LogP contribution is -2.53. The molecule has 4 rings (SSSR count). The summed E-state index contributed by atoms with van der Waals surface area (Å²) in [6, 6.07) is -0.506. The number of carbonyl (C=O) groups is 1. The second-order valence-electron chi connectivity index (χ2n) is 9.24. The summed E-state index contributed by atoms with van der Waals surface area (Å²) in [6.07, 6.45) is 3.03. The van der Waals surface area contributed by atoms with Crippen LogP contribution in [-0.2, 0) is 22.6 Å². The van der Waals surface area contributed by atoms with Gasteiger partial charge in [-0.3, -0.25) is 9.48 Å². The zero-order chi connectivity index (χ0) is 23.3. The molecule has 2 aromatic heterocycles. The van der Waals surface area contributed by atoms with Crippen molar-refractivity contribution in [3.05, 3.63) is 23.7 Å². The fourth-order valence-electron chi connectivity index (χ4n) is 4.67. The Hall–Kier alpha value is -2.82. The summed E-state index contributed by atoms with van der Waals surface area (Å²) >= 11 is 0. The van der Waals surface area contributed by atoms with E-state index in [0.717, 1.165) is 5.56 Å². The van der Waals surface area contributed by atoms with Crippen molar-refractivity contribution in [2.45, 2.75) is 64.8 Å². The molecule has 3 heterocycles.